The second-order valence-electron chi connectivity index (χ2n) is 19.3. The number of likely N-dealkylation sites (N-methyl/N-ethyl adjacent to an activating group) is 1. The molecular weight excluding hydrogens is 1050 g/mol. The zero-order valence-corrected chi connectivity index (χ0v) is 48.3. The number of rotatable bonds is 20. The van der Waals surface area contributed by atoms with Crippen molar-refractivity contribution in [2.75, 3.05) is 88.0 Å². The zero-order chi connectivity index (χ0) is 58.3. The fourth-order valence-corrected chi connectivity index (χ4v) is 9.53. The second-order valence-corrected chi connectivity index (χ2v) is 20.5. The van der Waals surface area contributed by atoms with Gasteiger partial charge in [-0.2, -0.15) is 4.98 Å². The van der Waals surface area contributed by atoms with E-state index in [4.69, 9.17) is 54.1 Å². The van der Waals surface area contributed by atoms with Gasteiger partial charge in [0.15, 0.2) is 23.0 Å². The van der Waals surface area contributed by atoms with Crippen LogP contribution in [-0.4, -0.2) is 124 Å². The highest BCUT2D eigenvalue weighted by molar-refractivity contribution is 8.15. The molecule has 1 saturated heterocycles. The van der Waals surface area contributed by atoms with Crippen LogP contribution in [0.4, 0.5) is 16.6 Å². The average Bonchev–Trinajstić information content (AvgIpc) is 3.81. The standard InChI is InChI=1S/C24H27NO5S.C21H28N2O5.C14H18N4O3/c1-13-14(2)21-18(15(3)20(13)26)9-10-24(4,30-21)12-29-17-7-5-16(6-8-17)11-19-22(27)25-23(28)31-19;1-23(2)10-11-28-17-8-6-15(7-9-17)14-22-21(24)16-12-18(25-3)20(27-5)19(13-16)26-4;1-19-10-5-8(6-11(20-2)12(10)21-3)4-9-7-17-14(16)18-13(9)15/h5-8,19,26H,9-12H2,1-4H3,(H,25,27,28);6-9,12-13H,10-11,14H2,1-5H3,(H,22,24);5-7H,4H2,1-3H3,(H4,15,16,17,18). The predicted molar refractivity (Wildman–Crippen MR) is 308 cm³/mol. The summed E-state index contributed by atoms with van der Waals surface area (Å²) < 4.78 is 49.9. The minimum Gasteiger partial charge on any atom is -0.507 e. The molecule has 3 amide bonds. The molecule has 2 aliphatic rings. The fraction of sp³-hybridized carbons (Fsp3) is 0.373. The number of thioether (sulfide) groups is 1. The van der Waals surface area contributed by atoms with Crippen LogP contribution >= 0.6 is 11.8 Å². The van der Waals surface area contributed by atoms with Gasteiger partial charge in [0.25, 0.3) is 11.1 Å². The minimum atomic E-state index is -0.467. The monoisotopic (exact) mass is 1120 g/mol. The van der Waals surface area contributed by atoms with Gasteiger partial charge in [-0.05, 0) is 143 Å². The number of nitrogens with two attached hydrogens (primary N) is 2. The van der Waals surface area contributed by atoms with Gasteiger partial charge in [0.1, 0.15) is 47.6 Å². The Morgan fingerprint density at radius 1 is 0.787 bits per heavy atom. The van der Waals surface area contributed by atoms with Gasteiger partial charge in [-0.15, -0.1) is 0 Å². The number of hydrogen-bond acceptors (Lipinski definition) is 19. The number of benzene rings is 5. The number of nitrogen functional groups attached to an aromatic ring is 2. The van der Waals surface area contributed by atoms with Gasteiger partial charge in [0, 0.05) is 42.4 Å². The van der Waals surface area contributed by atoms with Crippen molar-refractivity contribution in [2.45, 2.75) is 70.8 Å². The van der Waals surface area contributed by atoms with Crippen molar-refractivity contribution in [3.8, 4) is 57.5 Å². The predicted octanol–water partition coefficient (Wildman–Crippen LogP) is 8.21. The van der Waals surface area contributed by atoms with Crippen LogP contribution in [0.2, 0.25) is 0 Å². The van der Waals surface area contributed by atoms with E-state index >= 15 is 0 Å². The van der Waals surface area contributed by atoms with Crippen LogP contribution in [0.15, 0.2) is 79.0 Å². The molecule has 20 nitrogen and oxygen atoms in total. The van der Waals surface area contributed by atoms with Crippen LogP contribution < -0.4 is 64.7 Å². The Labute approximate surface area is 471 Å². The number of amides is 3. The number of anilines is 2. The van der Waals surface area contributed by atoms with Crippen LogP contribution in [0.25, 0.3) is 0 Å². The first-order chi connectivity index (χ1) is 38.2. The number of hydrogen-bond donors (Lipinski definition) is 5. The zero-order valence-electron chi connectivity index (χ0n) is 47.5. The third-order valence-corrected chi connectivity index (χ3v) is 14.4. The number of fused-ring (bicyclic) bond motifs is 1. The molecule has 5 aromatic carbocycles. The summed E-state index contributed by atoms with van der Waals surface area (Å²) in [5, 5.41) is 14.9. The van der Waals surface area contributed by atoms with Crippen molar-refractivity contribution < 1.29 is 62.1 Å². The lowest BCUT2D eigenvalue weighted by molar-refractivity contribution is -0.118. The number of nitrogens with one attached hydrogen (secondary N) is 2. The van der Waals surface area contributed by atoms with Crippen molar-refractivity contribution in [3.63, 3.8) is 0 Å². The normalized spacial score (nSPS) is 15.1. The first-order valence-corrected chi connectivity index (χ1v) is 26.5. The van der Waals surface area contributed by atoms with Gasteiger partial charge in [0.05, 0.1) is 47.9 Å². The number of carbonyl (C=O) groups excluding carboxylic acids is 3. The van der Waals surface area contributed by atoms with Crippen LogP contribution in [0, 0.1) is 20.8 Å². The smallest absolute Gasteiger partial charge is 0.286 e. The molecule has 3 heterocycles. The van der Waals surface area contributed by atoms with E-state index in [0.29, 0.717) is 84.2 Å². The molecule has 428 valence electrons. The molecule has 8 rings (SSSR count). The summed E-state index contributed by atoms with van der Waals surface area (Å²) in [6.45, 7) is 10.2. The van der Waals surface area contributed by atoms with E-state index in [9.17, 15) is 19.5 Å². The molecule has 80 heavy (non-hydrogen) atoms. The molecule has 7 N–H and O–H groups in total. The Kier molecular flexibility index (Phi) is 21.3. The summed E-state index contributed by atoms with van der Waals surface area (Å²) in [5.74, 6) is 5.85. The largest absolute Gasteiger partial charge is 0.507 e. The highest BCUT2D eigenvalue weighted by Crippen LogP contribution is 2.44. The minimum absolute atomic E-state index is 0.154. The molecule has 2 unspecified atom stereocenters. The van der Waals surface area contributed by atoms with Crippen LogP contribution in [0.1, 0.15) is 68.2 Å². The highest BCUT2D eigenvalue weighted by Gasteiger charge is 2.36. The summed E-state index contributed by atoms with van der Waals surface area (Å²) in [7, 11) is 13.3. The first kappa shape index (κ1) is 60.9. The number of aromatic hydroxyl groups is 1. The maximum atomic E-state index is 12.5. The molecule has 1 fully saturated rings. The summed E-state index contributed by atoms with van der Waals surface area (Å²) in [4.78, 5) is 45.5. The van der Waals surface area contributed by atoms with E-state index < -0.39 is 5.60 Å². The van der Waals surface area contributed by atoms with Crippen LogP contribution in [0.5, 0.6) is 57.5 Å². The summed E-state index contributed by atoms with van der Waals surface area (Å²) in [6, 6.07) is 22.2. The molecule has 0 aliphatic carbocycles. The molecule has 0 radical (unpaired) electrons. The van der Waals surface area contributed by atoms with E-state index in [2.05, 4.69) is 25.5 Å². The third-order valence-electron chi connectivity index (χ3n) is 13.4. The molecule has 1 aromatic heterocycles. The Morgan fingerprint density at radius 2 is 1.35 bits per heavy atom. The lowest BCUT2D eigenvalue weighted by Gasteiger charge is -2.37. The molecule has 0 saturated carbocycles. The molecule has 0 bridgehead atoms. The van der Waals surface area contributed by atoms with Crippen LogP contribution in [-0.2, 0) is 30.6 Å². The van der Waals surface area contributed by atoms with E-state index in [1.54, 1.807) is 39.7 Å². The lowest BCUT2D eigenvalue weighted by atomic mass is 9.87. The van der Waals surface area contributed by atoms with Crippen molar-refractivity contribution >= 4 is 40.6 Å². The molecule has 21 heteroatoms. The molecule has 2 aliphatic heterocycles. The number of phenols is 1. The maximum absolute atomic E-state index is 12.5. The highest BCUT2D eigenvalue weighted by atomic mass is 32.2. The van der Waals surface area contributed by atoms with Gasteiger partial charge in [0.2, 0.25) is 23.4 Å². The Balaban J connectivity index is 0.000000197. The average molecular weight is 1120 g/mol. The van der Waals surface area contributed by atoms with Crippen molar-refractivity contribution in [1.82, 2.24) is 25.5 Å². The van der Waals surface area contributed by atoms with Gasteiger partial charge in [-0.25, -0.2) is 4.98 Å². The number of carbonyl (C=O) groups is 3. The lowest BCUT2D eigenvalue weighted by Crippen LogP contribution is -2.42. The Morgan fingerprint density at radius 3 is 1.88 bits per heavy atom. The Hall–Kier alpha value is -8.30. The van der Waals surface area contributed by atoms with Crippen molar-refractivity contribution in [3.05, 3.63) is 129 Å². The fourth-order valence-electron chi connectivity index (χ4n) is 8.67. The number of aromatic nitrogens is 2. The number of methoxy groups -OCH3 is 6. The maximum Gasteiger partial charge on any atom is 0.286 e. The van der Waals surface area contributed by atoms with Crippen molar-refractivity contribution in [2.24, 2.45) is 0 Å². The van der Waals surface area contributed by atoms with E-state index in [-0.39, 0.29) is 28.3 Å². The SMILES string of the molecule is COc1cc(C(=O)NCc2ccc(OCCN(C)C)cc2)cc(OC)c1OC.COc1cc(Cc2cnc(N)nc2N)cc(OC)c1OC.Cc1c(C)c2c(c(C)c1O)CCC(C)(COc1ccc(CC3SC(=O)NC3=O)cc1)O2. The third kappa shape index (κ3) is 15.7. The molecular formula is C59H73N7O13S. The summed E-state index contributed by atoms with van der Waals surface area (Å²) in [6.07, 6.45) is 4.27. The molecule has 2 atom stereocenters. The number of imide groups is 1. The number of nitrogens with zero attached hydrogens (tertiary/aromatic N) is 3. The summed E-state index contributed by atoms with van der Waals surface area (Å²) in [5.41, 5.74) is 18.8. The van der Waals surface area contributed by atoms with Gasteiger partial charge in [-0.3, -0.25) is 19.7 Å². The van der Waals surface area contributed by atoms with E-state index in [1.165, 1.54) is 21.3 Å². The number of phenolic OH excluding ortho intramolecular Hbond substituents is 1. The van der Waals surface area contributed by atoms with Crippen molar-refractivity contribution in [1.29, 1.82) is 0 Å². The second kappa shape index (κ2) is 28.0. The van der Waals surface area contributed by atoms with Crippen LogP contribution in [0.3, 0.4) is 0 Å². The number of ether oxygens (including phenoxy) is 9. The first-order valence-electron chi connectivity index (χ1n) is 25.6. The molecule has 6 aromatic rings. The molecule has 0 spiro atoms. The quantitative estimate of drug-likeness (QED) is 0.0482. The summed E-state index contributed by atoms with van der Waals surface area (Å²) >= 11 is 1.04. The van der Waals surface area contributed by atoms with E-state index in [0.717, 1.165) is 92.9 Å². The van der Waals surface area contributed by atoms with Gasteiger partial charge >= 0.3 is 0 Å². The Bertz CT molecular complexity index is 3070. The van der Waals surface area contributed by atoms with E-state index in [1.807, 2.05) is 102 Å². The van der Waals surface area contributed by atoms with Gasteiger partial charge in [-0.1, -0.05) is 36.0 Å². The topological polar surface area (TPSA) is 260 Å². The van der Waals surface area contributed by atoms with Gasteiger partial charge < -0.3 is 69.4 Å².